The molecule has 4 heteroatoms. The van der Waals surface area contributed by atoms with Crippen molar-refractivity contribution in [1.82, 2.24) is 0 Å². The summed E-state index contributed by atoms with van der Waals surface area (Å²) in [5.74, 6) is 4.86. The first kappa shape index (κ1) is 24.1. The number of ether oxygens (including phenoxy) is 4. The molecule has 4 aliphatic carbocycles. The molecular weight excluding hydrogens is 436 g/mol. The van der Waals surface area contributed by atoms with Crippen LogP contribution in [0, 0.1) is 17.8 Å². The quantitative estimate of drug-likeness (QED) is 0.368. The van der Waals surface area contributed by atoms with Crippen LogP contribution in [0.3, 0.4) is 0 Å². The Morgan fingerprint density at radius 2 is 1.31 bits per heavy atom. The van der Waals surface area contributed by atoms with Crippen LogP contribution >= 0.6 is 0 Å². The highest BCUT2D eigenvalue weighted by atomic mass is 16.6. The van der Waals surface area contributed by atoms with E-state index >= 15 is 0 Å². The summed E-state index contributed by atoms with van der Waals surface area (Å²) in [6.45, 7) is 17.0. The molecule has 35 heavy (non-hydrogen) atoms. The van der Waals surface area contributed by atoms with E-state index < -0.39 is 0 Å². The van der Waals surface area contributed by atoms with Gasteiger partial charge < -0.3 is 18.9 Å². The SMILES string of the molecule is CCC(C)(C)c1cc(C23CC4CC(CC(C4)C2)C3)c(OCC2CO2)c(C(C)(C)C)c1OCC1CO1. The van der Waals surface area contributed by atoms with Crippen LogP contribution < -0.4 is 9.47 Å². The van der Waals surface area contributed by atoms with Crippen molar-refractivity contribution >= 4 is 0 Å². The topological polar surface area (TPSA) is 43.5 Å². The standard InChI is InChI=1S/C31H46O4/c1-7-30(5,6)24-11-25(31-12-19-8-20(13-31)10-21(9-19)14-31)28(35-18-23-16-33-23)26(29(2,3)4)27(24)34-17-22-15-32-22/h11,19-23H,7-10,12-18H2,1-6H3. The first-order valence-electron chi connectivity index (χ1n) is 14.3. The first-order chi connectivity index (χ1) is 16.6. The summed E-state index contributed by atoms with van der Waals surface area (Å²) in [5, 5.41) is 0. The van der Waals surface area contributed by atoms with Crippen molar-refractivity contribution in [3.8, 4) is 11.5 Å². The molecule has 2 saturated heterocycles. The van der Waals surface area contributed by atoms with Crippen LogP contribution in [0.5, 0.6) is 11.5 Å². The van der Waals surface area contributed by atoms with Gasteiger partial charge in [0.2, 0.25) is 0 Å². The molecule has 2 aliphatic heterocycles. The lowest BCUT2D eigenvalue weighted by Gasteiger charge is -2.57. The highest BCUT2D eigenvalue weighted by Crippen LogP contribution is 2.63. The van der Waals surface area contributed by atoms with Crippen molar-refractivity contribution in [2.75, 3.05) is 26.4 Å². The molecule has 2 heterocycles. The fraction of sp³-hybridized carbons (Fsp3) is 0.806. The summed E-state index contributed by atoms with van der Waals surface area (Å²) in [6, 6.07) is 2.55. The summed E-state index contributed by atoms with van der Waals surface area (Å²) in [7, 11) is 0. The van der Waals surface area contributed by atoms with Gasteiger partial charge in [0, 0.05) is 16.7 Å². The number of hydrogen-bond acceptors (Lipinski definition) is 4. The van der Waals surface area contributed by atoms with Crippen molar-refractivity contribution in [3.05, 3.63) is 22.8 Å². The van der Waals surface area contributed by atoms with Gasteiger partial charge in [0.15, 0.2) is 0 Å². The van der Waals surface area contributed by atoms with E-state index in [1.54, 1.807) is 0 Å². The van der Waals surface area contributed by atoms with Crippen molar-refractivity contribution < 1.29 is 18.9 Å². The minimum Gasteiger partial charge on any atom is -0.490 e. The minimum atomic E-state index is -0.101. The normalized spacial score (nSPS) is 35.3. The number of rotatable bonds is 9. The Bertz CT molecular complexity index is 928. The van der Waals surface area contributed by atoms with E-state index in [2.05, 4.69) is 47.6 Å². The van der Waals surface area contributed by atoms with E-state index in [9.17, 15) is 0 Å². The van der Waals surface area contributed by atoms with Crippen molar-refractivity contribution in [2.45, 2.75) is 115 Å². The predicted molar refractivity (Wildman–Crippen MR) is 139 cm³/mol. The van der Waals surface area contributed by atoms with Gasteiger partial charge in [-0.3, -0.25) is 0 Å². The molecule has 0 radical (unpaired) electrons. The Morgan fingerprint density at radius 3 is 1.74 bits per heavy atom. The molecule has 0 amide bonds. The van der Waals surface area contributed by atoms with E-state index in [0.717, 1.165) is 48.9 Å². The van der Waals surface area contributed by atoms with E-state index in [0.29, 0.717) is 13.2 Å². The monoisotopic (exact) mass is 482 g/mol. The number of epoxide rings is 2. The summed E-state index contributed by atoms with van der Waals surface area (Å²) in [6.07, 6.45) is 9.90. The lowest BCUT2D eigenvalue weighted by molar-refractivity contribution is -0.00666. The van der Waals surface area contributed by atoms with Crippen LogP contribution in [-0.2, 0) is 25.7 Å². The second-order valence-corrected chi connectivity index (χ2v) is 14.2. The van der Waals surface area contributed by atoms with Gasteiger partial charge in [0.05, 0.1) is 13.2 Å². The van der Waals surface area contributed by atoms with Gasteiger partial charge in [-0.05, 0) is 85.0 Å². The fourth-order valence-electron chi connectivity index (χ4n) is 7.84. The van der Waals surface area contributed by atoms with Crippen molar-refractivity contribution in [1.29, 1.82) is 0 Å². The van der Waals surface area contributed by atoms with Gasteiger partial charge in [-0.15, -0.1) is 0 Å². The van der Waals surface area contributed by atoms with Crippen LogP contribution in [0.15, 0.2) is 6.07 Å². The van der Waals surface area contributed by atoms with Gasteiger partial charge in [0.1, 0.15) is 36.9 Å². The van der Waals surface area contributed by atoms with E-state index in [1.807, 2.05) is 0 Å². The molecule has 2 unspecified atom stereocenters. The smallest absolute Gasteiger partial charge is 0.130 e. The van der Waals surface area contributed by atoms with Crippen LogP contribution in [0.4, 0.5) is 0 Å². The van der Waals surface area contributed by atoms with E-state index in [-0.39, 0.29) is 28.5 Å². The number of hydrogen-bond donors (Lipinski definition) is 0. The van der Waals surface area contributed by atoms with Crippen LogP contribution in [0.25, 0.3) is 0 Å². The second kappa shape index (κ2) is 8.38. The molecular formula is C31H46O4. The zero-order chi connectivity index (χ0) is 24.6. The fourth-order valence-corrected chi connectivity index (χ4v) is 7.84. The third-order valence-electron chi connectivity index (χ3n) is 9.84. The summed E-state index contributed by atoms with van der Waals surface area (Å²) in [5.41, 5.74) is 4.31. The first-order valence-corrected chi connectivity index (χ1v) is 14.3. The highest BCUT2D eigenvalue weighted by molar-refractivity contribution is 5.62. The molecule has 7 rings (SSSR count). The van der Waals surface area contributed by atoms with Gasteiger partial charge in [-0.25, -0.2) is 0 Å². The van der Waals surface area contributed by atoms with Crippen LogP contribution in [-0.4, -0.2) is 38.6 Å². The maximum atomic E-state index is 6.84. The molecule has 1 aromatic carbocycles. The molecule has 0 N–H and O–H groups in total. The molecule has 0 spiro atoms. The van der Waals surface area contributed by atoms with Crippen LogP contribution in [0.2, 0.25) is 0 Å². The van der Waals surface area contributed by atoms with E-state index in [4.69, 9.17) is 18.9 Å². The highest BCUT2D eigenvalue weighted by Gasteiger charge is 2.53. The largest absolute Gasteiger partial charge is 0.490 e. The molecule has 0 aromatic heterocycles. The number of benzene rings is 1. The molecule has 2 atom stereocenters. The lowest BCUT2D eigenvalue weighted by Crippen LogP contribution is -2.49. The maximum Gasteiger partial charge on any atom is 0.130 e. The Morgan fingerprint density at radius 1 is 0.829 bits per heavy atom. The summed E-state index contributed by atoms with van der Waals surface area (Å²) >= 11 is 0. The van der Waals surface area contributed by atoms with Crippen molar-refractivity contribution in [3.63, 3.8) is 0 Å². The third-order valence-corrected chi connectivity index (χ3v) is 9.84. The van der Waals surface area contributed by atoms with Gasteiger partial charge in [-0.1, -0.05) is 41.5 Å². The molecule has 6 fully saturated rings. The predicted octanol–water partition coefficient (Wildman–Crippen LogP) is 6.69. The van der Waals surface area contributed by atoms with Crippen LogP contribution in [0.1, 0.15) is 103 Å². The Hall–Kier alpha value is -1.26. The Labute approximate surface area is 212 Å². The second-order valence-electron chi connectivity index (χ2n) is 14.2. The summed E-state index contributed by atoms with van der Waals surface area (Å²) in [4.78, 5) is 0. The molecule has 4 bridgehead atoms. The molecule has 4 nitrogen and oxygen atoms in total. The Balaban J connectivity index is 1.55. The average Bonchev–Trinajstić information content (AvgIpc) is 3.69. The Kier molecular flexibility index (Phi) is 5.77. The van der Waals surface area contributed by atoms with Crippen molar-refractivity contribution in [2.24, 2.45) is 17.8 Å². The maximum absolute atomic E-state index is 6.84. The molecule has 1 aromatic rings. The molecule has 6 aliphatic rings. The summed E-state index contributed by atoms with van der Waals surface area (Å²) < 4.78 is 24.7. The lowest BCUT2D eigenvalue weighted by atomic mass is 9.47. The van der Waals surface area contributed by atoms with Gasteiger partial charge in [0.25, 0.3) is 0 Å². The third kappa shape index (κ3) is 4.52. The zero-order valence-corrected chi connectivity index (χ0v) is 22.9. The minimum absolute atomic E-state index is 0.0227. The molecule has 194 valence electrons. The van der Waals surface area contributed by atoms with E-state index in [1.165, 1.54) is 55.2 Å². The van der Waals surface area contributed by atoms with Gasteiger partial charge >= 0.3 is 0 Å². The zero-order valence-electron chi connectivity index (χ0n) is 22.9. The average molecular weight is 483 g/mol. The molecule has 4 saturated carbocycles. The van der Waals surface area contributed by atoms with Gasteiger partial charge in [-0.2, -0.15) is 0 Å².